The van der Waals surface area contributed by atoms with Crippen LogP contribution in [0.2, 0.25) is 0 Å². The summed E-state index contributed by atoms with van der Waals surface area (Å²) in [6.45, 7) is 13.3. The molecule has 0 N–H and O–H groups in total. The summed E-state index contributed by atoms with van der Waals surface area (Å²) in [6.07, 6.45) is 6.92. The van der Waals surface area contributed by atoms with Crippen LogP contribution in [0.1, 0.15) is 74.9 Å². The van der Waals surface area contributed by atoms with E-state index in [9.17, 15) is 0 Å². The molecule has 0 aliphatic heterocycles. The van der Waals surface area contributed by atoms with Crippen molar-refractivity contribution in [3.8, 4) is 0 Å². The molecule has 0 atom stereocenters. The third kappa shape index (κ3) is 8.26. The Bertz CT molecular complexity index is 448. The predicted molar refractivity (Wildman–Crippen MR) is 109 cm³/mol. The van der Waals surface area contributed by atoms with Crippen molar-refractivity contribution in [2.75, 3.05) is 0 Å². The average Bonchev–Trinajstić information content (AvgIpc) is 2.67. The van der Waals surface area contributed by atoms with Crippen molar-refractivity contribution in [3.63, 3.8) is 0 Å². The summed E-state index contributed by atoms with van der Waals surface area (Å²) in [4.78, 5) is 0. The maximum Gasteiger partial charge on any atom is 2.00 e. The van der Waals surface area contributed by atoms with Crippen LogP contribution in [0, 0.1) is 0 Å². The van der Waals surface area contributed by atoms with Crippen LogP contribution in [-0.2, 0) is 55.9 Å². The zero-order valence-electron chi connectivity index (χ0n) is 17.1. The second-order valence-electron chi connectivity index (χ2n) is 6.44. The van der Waals surface area contributed by atoms with E-state index in [0.717, 1.165) is 38.5 Å². The largest absolute Gasteiger partial charge is 2.00 e. The van der Waals surface area contributed by atoms with E-state index in [4.69, 9.17) is 0 Å². The molecule has 0 saturated heterocycles. The van der Waals surface area contributed by atoms with Crippen molar-refractivity contribution in [1.82, 2.24) is 0 Å². The van der Waals surface area contributed by atoms with E-state index >= 15 is 0 Å². The fourth-order valence-corrected chi connectivity index (χ4v) is 2.90. The number of rotatable bonds is 6. The molecule has 0 aromatic heterocycles. The normalized spacial score (nSPS) is 9.84. The van der Waals surface area contributed by atoms with Gasteiger partial charge < -0.3 is 0 Å². The van der Waals surface area contributed by atoms with Gasteiger partial charge in [0.25, 0.3) is 0 Å². The summed E-state index contributed by atoms with van der Waals surface area (Å²) < 4.78 is 0. The Balaban J connectivity index is 0.000000443. The minimum atomic E-state index is 0. The molecule has 136 valence electrons. The summed E-state index contributed by atoms with van der Waals surface area (Å²) in [7, 11) is 0. The molecule has 2 rings (SSSR count). The van der Waals surface area contributed by atoms with Crippen LogP contribution in [0.5, 0.6) is 0 Å². The van der Waals surface area contributed by atoms with Crippen LogP contribution in [-0.4, -0.2) is 0 Å². The Morgan fingerprint density at radius 3 is 0.560 bits per heavy atom. The first-order chi connectivity index (χ1) is 11.6. The molecule has 0 saturated carbocycles. The van der Waals surface area contributed by atoms with Crippen molar-refractivity contribution >= 4 is 0 Å². The van der Waals surface area contributed by atoms with Crippen LogP contribution in [0.4, 0.5) is 0 Å². The molecule has 2 aromatic carbocycles. The number of benzene rings is 2. The van der Waals surface area contributed by atoms with Gasteiger partial charge >= 0.3 is 17.4 Å². The van der Waals surface area contributed by atoms with Crippen molar-refractivity contribution in [2.24, 2.45) is 0 Å². The fourth-order valence-electron chi connectivity index (χ4n) is 2.90. The third-order valence-corrected chi connectivity index (χ3v) is 4.67. The Morgan fingerprint density at radius 2 is 0.480 bits per heavy atom. The minimum Gasteiger partial charge on any atom is -0.0613 e. The molecule has 0 radical (unpaired) electrons. The molecule has 0 nitrogen and oxygen atoms in total. The van der Waals surface area contributed by atoms with Crippen molar-refractivity contribution < 1.29 is 17.4 Å². The standard InChI is InChI=1S/2C12H18.Cr/c2*1-4-10-7-11(5-2)9-12(6-3)8-10;/h2*7-9H,4-6H2,1-3H3;/q;;+2. The molecule has 0 bridgehead atoms. The van der Waals surface area contributed by atoms with Crippen molar-refractivity contribution in [2.45, 2.75) is 80.1 Å². The average molecular weight is 377 g/mol. The first kappa shape index (κ1) is 24.0. The molecular formula is C24H36Cr+2. The maximum atomic E-state index is 2.32. The molecule has 0 heterocycles. The van der Waals surface area contributed by atoms with Gasteiger partial charge in [-0.15, -0.1) is 0 Å². The maximum absolute atomic E-state index is 2.32. The van der Waals surface area contributed by atoms with E-state index in [1.165, 1.54) is 33.4 Å². The van der Waals surface area contributed by atoms with Gasteiger partial charge in [-0.2, -0.15) is 0 Å². The SMILES string of the molecule is CCc1cc(CC)cc(CC)c1.CCc1cc(CC)cc(CC)c1.[Cr+2]. The first-order valence-corrected chi connectivity index (χ1v) is 9.83. The van der Waals surface area contributed by atoms with Gasteiger partial charge in [0.2, 0.25) is 0 Å². The van der Waals surface area contributed by atoms with Gasteiger partial charge in [-0.3, -0.25) is 0 Å². The van der Waals surface area contributed by atoms with Crippen LogP contribution < -0.4 is 0 Å². The summed E-state index contributed by atoms with van der Waals surface area (Å²) in [5, 5.41) is 0. The first-order valence-electron chi connectivity index (χ1n) is 9.83. The molecule has 0 amide bonds. The second-order valence-corrected chi connectivity index (χ2v) is 6.44. The van der Waals surface area contributed by atoms with Gasteiger partial charge in [0.1, 0.15) is 0 Å². The minimum absolute atomic E-state index is 0. The predicted octanol–water partition coefficient (Wildman–Crippen LogP) is 6.75. The van der Waals surface area contributed by atoms with Gasteiger partial charge in [0, 0.05) is 0 Å². The quantitative estimate of drug-likeness (QED) is 0.523. The molecule has 0 aliphatic carbocycles. The Kier molecular flexibility index (Phi) is 12.7. The summed E-state index contributed by atoms with van der Waals surface area (Å²) in [5.41, 5.74) is 8.87. The van der Waals surface area contributed by atoms with Crippen LogP contribution in [0.15, 0.2) is 36.4 Å². The number of aryl methyl sites for hydroxylation is 6. The van der Waals surface area contributed by atoms with E-state index in [1.54, 1.807) is 0 Å². The van der Waals surface area contributed by atoms with Gasteiger partial charge in [0.15, 0.2) is 0 Å². The number of hydrogen-bond acceptors (Lipinski definition) is 0. The summed E-state index contributed by atoms with van der Waals surface area (Å²) in [6, 6.07) is 13.9. The molecule has 0 fully saturated rings. The third-order valence-electron chi connectivity index (χ3n) is 4.67. The van der Waals surface area contributed by atoms with Crippen molar-refractivity contribution in [3.05, 3.63) is 69.8 Å². The Labute approximate surface area is 167 Å². The molecule has 1 heteroatoms. The summed E-state index contributed by atoms with van der Waals surface area (Å²) >= 11 is 0. The summed E-state index contributed by atoms with van der Waals surface area (Å²) in [5.74, 6) is 0. The Hall–Kier alpha value is -1.03. The molecular weight excluding hydrogens is 340 g/mol. The molecule has 25 heavy (non-hydrogen) atoms. The Morgan fingerprint density at radius 1 is 0.360 bits per heavy atom. The van der Waals surface area contributed by atoms with Gasteiger partial charge in [-0.05, 0) is 71.9 Å². The van der Waals surface area contributed by atoms with E-state index in [0.29, 0.717) is 0 Å². The van der Waals surface area contributed by atoms with Gasteiger partial charge in [0.05, 0.1) is 0 Å². The van der Waals surface area contributed by atoms with Crippen molar-refractivity contribution in [1.29, 1.82) is 0 Å². The van der Waals surface area contributed by atoms with Gasteiger partial charge in [-0.1, -0.05) is 77.9 Å². The smallest absolute Gasteiger partial charge is 0.0613 e. The topological polar surface area (TPSA) is 0 Å². The van der Waals surface area contributed by atoms with E-state index in [1.807, 2.05) is 0 Å². The monoisotopic (exact) mass is 376 g/mol. The van der Waals surface area contributed by atoms with Crippen LogP contribution in [0.25, 0.3) is 0 Å². The molecule has 2 aromatic rings. The zero-order valence-corrected chi connectivity index (χ0v) is 18.4. The zero-order chi connectivity index (χ0) is 17.9. The van der Waals surface area contributed by atoms with Crippen LogP contribution >= 0.6 is 0 Å². The fraction of sp³-hybridized carbons (Fsp3) is 0.500. The molecule has 0 aliphatic rings. The van der Waals surface area contributed by atoms with E-state index in [-0.39, 0.29) is 17.4 Å². The number of hydrogen-bond donors (Lipinski definition) is 0. The van der Waals surface area contributed by atoms with Crippen LogP contribution in [0.3, 0.4) is 0 Å². The molecule has 0 unspecified atom stereocenters. The van der Waals surface area contributed by atoms with E-state index < -0.39 is 0 Å². The molecule has 0 spiro atoms. The van der Waals surface area contributed by atoms with E-state index in [2.05, 4.69) is 77.9 Å². The van der Waals surface area contributed by atoms with Gasteiger partial charge in [-0.25, -0.2) is 0 Å². The second kappa shape index (κ2) is 13.2.